The van der Waals surface area contributed by atoms with E-state index in [-0.39, 0.29) is 18.0 Å². The fourth-order valence-electron chi connectivity index (χ4n) is 4.53. The van der Waals surface area contributed by atoms with Crippen molar-refractivity contribution in [3.05, 3.63) is 92.8 Å². The van der Waals surface area contributed by atoms with Gasteiger partial charge in [-0.15, -0.1) is 11.8 Å². The van der Waals surface area contributed by atoms with Crippen LogP contribution in [0.1, 0.15) is 16.7 Å². The number of nitriles is 2. The SMILES string of the molecule is N#Cc1ccc(Cn2c(=O)c(C#N)c(N3CCN(C(=O)C4=CC=CCS4)CC3)c3cccnc32)cc1. The molecular formula is C27H22N6O2S. The van der Waals surface area contributed by atoms with E-state index in [1.807, 2.05) is 34.1 Å². The van der Waals surface area contributed by atoms with Crippen molar-refractivity contribution in [3.8, 4) is 12.1 Å². The summed E-state index contributed by atoms with van der Waals surface area (Å²) in [6.07, 6.45) is 7.41. The Kier molecular flexibility index (Phi) is 6.57. The number of thioether (sulfide) groups is 1. The molecule has 2 aliphatic heterocycles. The van der Waals surface area contributed by atoms with Crippen LogP contribution in [-0.4, -0.2) is 52.3 Å². The molecule has 1 fully saturated rings. The van der Waals surface area contributed by atoms with E-state index in [0.717, 1.165) is 21.6 Å². The number of allylic oxidation sites excluding steroid dienone is 2. The Bertz CT molecular complexity index is 1530. The van der Waals surface area contributed by atoms with Crippen molar-refractivity contribution in [1.82, 2.24) is 14.5 Å². The standard InChI is InChI=1S/C27H22N6O2S/c28-16-19-6-8-20(9-7-19)18-33-25-21(4-3-10-30-25)24(22(17-29)26(33)34)31-11-13-32(14-12-31)27(35)23-5-1-2-15-36-23/h1-10H,11-15,18H2. The van der Waals surface area contributed by atoms with Gasteiger partial charge in [-0.25, -0.2) is 4.98 Å². The van der Waals surface area contributed by atoms with E-state index in [1.54, 1.807) is 36.5 Å². The predicted octanol–water partition coefficient (Wildman–Crippen LogP) is 3.02. The molecule has 0 unspecified atom stereocenters. The maximum Gasteiger partial charge on any atom is 0.272 e. The Morgan fingerprint density at radius 2 is 1.83 bits per heavy atom. The van der Waals surface area contributed by atoms with Crippen molar-refractivity contribution in [1.29, 1.82) is 10.5 Å². The number of hydrogen-bond donors (Lipinski definition) is 0. The summed E-state index contributed by atoms with van der Waals surface area (Å²) in [5, 5.41) is 19.8. The first-order chi connectivity index (χ1) is 17.6. The fourth-order valence-corrected chi connectivity index (χ4v) is 5.34. The van der Waals surface area contributed by atoms with Gasteiger partial charge in [-0.3, -0.25) is 14.2 Å². The number of carbonyl (C=O) groups is 1. The van der Waals surface area contributed by atoms with Gasteiger partial charge in [0, 0.05) is 43.5 Å². The topological polar surface area (TPSA) is 106 Å². The van der Waals surface area contributed by atoms with Crippen molar-refractivity contribution < 1.29 is 4.79 Å². The lowest BCUT2D eigenvalue weighted by Gasteiger charge is -2.37. The molecule has 9 heteroatoms. The van der Waals surface area contributed by atoms with Crippen LogP contribution in [0.2, 0.25) is 0 Å². The van der Waals surface area contributed by atoms with Gasteiger partial charge in [-0.2, -0.15) is 10.5 Å². The second-order valence-electron chi connectivity index (χ2n) is 8.46. The largest absolute Gasteiger partial charge is 0.366 e. The second kappa shape index (κ2) is 10.1. The van der Waals surface area contributed by atoms with Gasteiger partial charge < -0.3 is 9.80 Å². The van der Waals surface area contributed by atoms with Crippen molar-refractivity contribution in [3.63, 3.8) is 0 Å². The molecule has 4 heterocycles. The number of aromatic nitrogens is 2. The molecule has 178 valence electrons. The molecule has 2 aromatic heterocycles. The van der Waals surface area contributed by atoms with Crippen molar-refractivity contribution in [2.45, 2.75) is 6.54 Å². The van der Waals surface area contributed by atoms with Gasteiger partial charge in [0.1, 0.15) is 17.3 Å². The molecule has 36 heavy (non-hydrogen) atoms. The molecular weight excluding hydrogens is 472 g/mol. The van der Waals surface area contributed by atoms with Crippen LogP contribution in [0.15, 0.2) is 70.5 Å². The highest BCUT2D eigenvalue weighted by Crippen LogP contribution is 2.30. The zero-order valence-electron chi connectivity index (χ0n) is 19.4. The molecule has 0 aliphatic carbocycles. The smallest absolute Gasteiger partial charge is 0.272 e. The van der Waals surface area contributed by atoms with Gasteiger partial charge in [-0.05, 0) is 35.9 Å². The number of nitrogens with zero attached hydrogens (tertiary/aromatic N) is 6. The minimum Gasteiger partial charge on any atom is -0.366 e. The van der Waals surface area contributed by atoms with E-state index in [4.69, 9.17) is 5.26 Å². The molecule has 5 rings (SSSR count). The first kappa shape index (κ1) is 23.4. The number of piperazine rings is 1. The maximum atomic E-state index is 13.5. The van der Waals surface area contributed by atoms with Crippen LogP contribution in [0.25, 0.3) is 11.0 Å². The average molecular weight is 495 g/mol. The zero-order valence-corrected chi connectivity index (χ0v) is 20.2. The van der Waals surface area contributed by atoms with E-state index in [0.29, 0.717) is 43.1 Å². The fraction of sp³-hybridized carbons (Fsp3) is 0.222. The number of rotatable bonds is 4. The number of fused-ring (bicyclic) bond motifs is 1. The summed E-state index contributed by atoms with van der Waals surface area (Å²) in [4.78, 5) is 35.5. The molecule has 0 N–H and O–H groups in total. The van der Waals surface area contributed by atoms with Gasteiger partial charge >= 0.3 is 0 Å². The molecule has 0 radical (unpaired) electrons. The van der Waals surface area contributed by atoms with E-state index in [9.17, 15) is 14.9 Å². The summed E-state index contributed by atoms with van der Waals surface area (Å²) in [5.74, 6) is 0.815. The summed E-state index contributed by atoms with van der Waals surface area (Å²) in [7, 11) is 0. The van der Waals surface area contributed by atoms with Crippen molar-refractivity contribution >= 4 is 34.4 Å². The third kappa shape index (κ3) is 4.37. The van der Waals surface area contributed by atoms with E-state index < -0.39 is 5.56 Å². The molecule has 0 spiro atoms. The van der Waals surface area contributed by atoms with Crippen LogP contribution in [0.4, 0.5) is 5.69 Å². The third-order valence-corrected chi connectivity index (χ3v) is 7.32. The summed E-state index contributed by atoms with van der Waals surface area (Å²) in [6.45, 7) is 2.26. The average Bonchev–Trinajstić information content (AvgIpc) is 2.94. The molecule has 1 saturated heterocycles. The van der Waals surface area contributed by atoms with Crippen LogP contribution in [-0.2, 0) is 11.3 Å². The Hall–Kier alpha value is -4.34. The van der Waals surface area contributed by atoms with Crippen molar-refractivity contribution in [2.75, 3.05) is 36.8 Å². The molecule has 2 aliphatic rings. The highest BCUT2D eigenvalue weighted by atomic mass is 32.2. The Balaban J connectivity index is 1.48. The highest BCUT2D eigenvalue weighted by molar-refractivity contribution is 8.04. The lowest BCUT2D eigenvalue weighted by molar-refractivity contribution is -0.126. The Morgan fingerprint density at radius 1 is 1.06 bits per heavy atom. The molecule has 0 saturated carbocycles. The van der Waals surface area contributed by atoms with E-state index in [1.165, 1.54) is 16.3 Å². The van der Waals surface area contributed by atoms with E-state index in [2.05, 4.69) is 17.1 Å². The molecule has 0 bridgehead atoms. The molecule has 1 aromatic carbocycles. The number of amides is 1. The lowest BCUT2D eigenvalue weighted by atomic mass is 10.1. The van der Waals surface area contributed by atoms with E-state index >= 15 is 0 Å². The third-order valence-electron chi connectivity index (χ3n) is 6.34. The molecule has 8 nitrogen and oxygen atoms in total. The summed E-state index contributed by atoms with van der Waals surface area (Å²) >= 11 is 1.53. The van der Waals surface area contributed by atoms with Gasteiger partial charge in [0.25, 0.3) is 11.5 Å². The minimum absolute atomic E-state index is 0.0221. The Labute approximate surface area is 212 Å². The number of carbonyl (C=O) groups excluding carboxylic acids is 1. The minimum atomic E-state index is -0.405. The van der Waals surface area contributed by atoms with Crippen LogP contribution >= 0.6 is 11.8 Å². The van der Waals surface area contributed by atoms with Crippen LogP contribution in [0.3, 0.4) is 0 Å². The predicted molar refractivity (Wildman–Crippen MR) is 139 cm³/mol. The number of pyridine rings is 2. The molecule has 0 atom stereocenters. The quantitative estimate of drug-likeness (QED) is 0.549. The van der Waals surface area contributed by atoms with Crippen molar-refractivity contribution in [2.24, 2.45) is 0 Å². The second-order valence-corrected chi connectivity index (χ2v) is 9.52. The van der Waals surface area contributed by atoms with Crippen LogP contribution < -0.4 is 10.5 Å². The van der Waals surface area contributed by atoms with Gasteiger partial charge in [-0.1, -0.05) is 24.3 Å². The van der Waals surface area contributed by atoms with Crippen LogP contribution in [0, 0.1) is 22.7 Å². The van der Waals surface area contributed by atoms with Gasteiger partial charge in [0.15, 0.2) is 0 Å². The summed E-state index contributed by atoms with van der Waals surface area (Å²) in [5.41, 5.74) is 2.10. The van der Waals surface area contributed by atoms with Crippen LogP contribution in [0.5, 0.6) is 0 Å². The first-order valence-electron chi connectivity index (χ1n) is 11.5. The lowest BCUT2D eigenvalue weighted by Crippen LogP contribution is -2.49. The summed E-state index contributed by atoms with van der Waals surface area (Å²) in [6, 6.07) is 14.9. The monoisotopic (exact) mass is 494 g/mol. The number of hydrogen-bond acceptors (Lipinski definition) is 7. The highest BCUT2D eigenvalue weighted by Gasteiger charge is 2.28. The maximum absolute atomic E-state index is 13.5. The zero-order chi connectivity index (χ0) is 25.1. The first-order valence-corrected chi connectivity index (χ1v) is 12.5. The molecule has 1 amide bonds. The number of anilines is 1. The number of benzene rings is 1. The van der Waals surface area contributed by atoms with Gasteiger partial charge in [0.05, 0.1) is 28.8 Å². The summed E-state index contributed by atoms with van der Waals surface area (Å²) < 4.78 is 1.51. The van der Waals surface area contributed by atoms with Gasteiger partial charge in [0.2, 0.25) is 0 Å². The normalized spacial score (nSPS) is 15.3. The molecule has 3 aromatic rings. The Morgan fingerprint density at radius 3 is 2.50 bits per heavy atom.